The first-order valence-electron chi connectivity index (χ1n) is 6.74. The average Bonchev–Trinajstić information content (AvgIpc) is 2.47. The van der Waals surface area contributed by atoms with Crippen LogP contribution in [-0.4, -0.2) is 16.9 Å². The molecule has 0 saturated carbocycles. The lowest BCUT2D eigenvalue weighted by atomic mass is 9.93. The van der Waals surface area contributed by atoms with E-state index in [1.165, 1.54) is 0 Å². The molecule has 0 aliphatic carbocycles. The highest BCUT2D eigenvalue weighted by atomic mass is 31.2. The van der Waals surface area contributed by atoms with Gasteiger partial charge in [-0.05, 0) is 37.5 Å². The van der Waals surface area contributed by atoms with E-state index in [0.717, 1.165) is 16.7 Å². The zero-order valence-electron chi connectivity index (χ0n) is 13.0. The summed E-state index contributed by atoms with van der Waals surface area (Å²) < 4.78 is 21.7. The van der Waals surface area contributed by atoms with Crippen LogP contribution in [0.25, 0.3) is 11.1 Å². The molecule has 0 aromatic heterocycles. The van der Waals surface area contributed by atoms with Gasteiger partial charge < -0.3 is 9.26 Å². The summed E-state index contributed by atoms with van der Waals surface area (Å²) in [7, 11) is -3.06. The zero-order valence-corrected chi connectivity index (χ0v) is 13.8. The lowest BCUT2D eigenvalue weighted by Gasteiger charge is -2.21. The van der Waals surface area contributed by atoms with Crippen molar-refractivity contribution in [1.82, 2.24) is 0 Å². The number of hydrogen-bond donors (Lipinski definition) is 2. The maximum absolute atomic E-state index is 11.3. The SMILES string of the molecule is COc1c(C)c(C)c(OP(=O)(O)O)c(C)c1-c1ccccc1. The van der Waals surface area contributed by atoms with Gasteiger partial charge in [0.15, 0.2) is 0 Å². The van der Waals surface area contributed by atoms with Gasteiger partial charge >= 0.3 is 7.82 Å². The number of ether oxygens (including phenoxy) is 1. The monoisotopic (exact) mass is 322 g/mol. The third-order valence-electron chi connectivity index (χ3n) is 3.66. The molecule has 0 aliphatic rings. The van der Waals surface area contributed by atoms with E-state index in [2.05, 4.69) is 0 Å². The topological polar surface area (TPSA) is 76.0 Å². The number of phosphoric acid groups is 1. The highest BCUT2D eigenvalue weighted by Gasteiger charge is 2.25. The van der Waals surface area contributed by atoms with Crippen LogP contribution in [0.15, 0.2) is 30.3 Å². The molecule has 0 atom stereocenters. The van der Waals surface area contributed by atoms with Gasteiger partial charge in [0.25, 0.3) is 0 Å². The number of methoxy groups -OCH3 is 1. The van der Waals surface area contributed by atoms with Gasteiger partial charge in [-0.15, -0.1) is 0 Å². The summed E-state index contributed by atoms with van der Waals surface area (Å²) in [5, 5.41) is 0. The molecule has 2 rings (SSSR count). The van der Waals surface area contributed by atoms with Crippen LogP contribution in [-0.2, 0) is 4.57 Å². The third-order valence-corrected chi connectivity index (χ3v) is 4.08. The van der Waals surface area contributed by atoms with E-state index in [9.17, 15) is 4.57 Å². The maximum atomic E-state index is 11.3. The standard InChI is InChI=1S/C16H19O5P/c1-10-11(2)16(20-4)14(13-8-6-5-7-9-13)12(3)15(10)21-22(17,18)19/h5-9H,1-4H3,(H2,17,18,19). The summed E-state index contributed by atoms with van der Waals surface area (Å²) in [6.07, 6.45) is 0. The summed E-state index contributed by atoms with van der Waals surface area (Å²) in [5.74, 6) is 0.879. The Bertz CT molecular complexity index is 734. The molecule has 0 radical (unpaired) electrons. The summed E-state index contributed by atoms with van der Waals surface area (Å²) in [5.41, 5.74) is 3.74. The van der Waals surface area contributed by atoms with Crippen molar-refractivity contribution in [2.75, 3.05) is 7.11 Å². The van der Waals surface area contributed by atoms with Gasteiger partial charge in [0, 0.05) is 11.1 Å². The fourth-order valence-corrected chi connectivity index (χ4v) is 3.07. The van der Waals surface area contributed by atoms with Gasteiger partial charge in [0.1, 0.15) is 11.5 Å². The largest absolute Gasteiger partial charge is 0.524 e. The van der Waals surface area contributed by atoms with Crippen molar-refractivity contribution in [2.24, 2.45) is 0 Å². The Morgan fingerprint density at radius 2 is 1.45 bits per heavy atom. The van der Waals surface area contributed by atoms with E-state index in [1.54, 1.807) is 21.0 Å². The van der Waals surface area contributed by atoms with Crippen molar-refractivity contribution in [2.45, 2.75) is 20.8 Å². The average molecular weight is 322 g/mol. The first-order valence-corrected chi connectivity index (χ1v) is 8.27. The minimum atomic E-state index is -4.64. The molecular formula is C16H19O5P. The van der Waals surface area contributed by atoms with E-state index in [-0.39, 0.29) is 5.75 Å². The van der Waals surface area contributed by atoms with Gasteiger partial charge in [0.05, 0.1) is 7.11 Å². The molecule has 2 N–H and O–H groups in total. The number of rotatable bonds is 4. The Balaban J connectivity index is 2.79. The van der Waals surface area contributed by atoms with Crippen molar-refractivity contribution < 1.29 is 23.6 Å². The summed E-state index contributed by atoms with van der Waals surface area (Å²) >= 11 is 0. The van der Waals surface area contributed by atoms with Crippen molar-refractivity contribution in [3.05, 3.63) is 47.0 Å². The molecule has 22 heavy (non-hydrogen) atoms. The molecule has 0 unspecified atom stereocenters. The number of benzene rings is 2. The second-order valence-electron chi connectivity index (χ2n) is 5.06. The van der Waals surface area contributed by atoms with Crippen molar-refractivity contribution in [3.63, 3.8) is 0 Å². The highest BCUT2D eigenvalue weighted by Crippen LogP contribution is 2.48. The van der Waals surface area contributed by atoms with Crippen LogP contribution < -0.4 is 9.26 Å². The molecule has 0 aliphatic heterocycles. The van der Waals surface area contributed by atoms with Crippen LogP contribution in [0.3, 0.4) is 0 Å². The van der Waals surface area contributed by atoms with E-state index < -0.39 is 7.82 Å². The Hall–Kier alpha value is -1.81. The lowest BCUT2D eigenvalue weighted by molar-refractivity contribution is 0.281. The molecular weight excluding hydrogens is 303 g/mol. The molecule has 0 saturated heterocycles. The highest BCUT2D eigenvalue weighted by molar-refractivity contribution is 7.46. The van der Waals surface area contributed by atoms with E-state index in [1.807, 2.05) is 37.3 Å². The fourth-order valence-electron chi connectivity index (χ4n) is 2.56. The zero-order chi connectivity index (χ0) is 16.5. The minimum Gasteiger partial charge on any atom is -0.496 e. The first kappa shape index (κ1) is 16.6. The summed E-state index contributed by atoms with van der Waals surface area (Å²) in [6, 6.07) is 9.53. The molecule has 0 fully saturated rings. The number of phosphoric ester groups is 1. The van der Waals surface area contributed by atoms with Gasteiger partial charge in [0.2, 0.25) is 0 Å². The molecule has 2 aromatic rings. The van der Waals surface area contributed by atoms with Gasteiger partial charge in [-0.25, -0.2) is 4.57 Å². The smallest absolute Gasteiger partial charge is 0.496 e. The quantitative estimate of drug-likeness (QED) is 0.838. The third kappa shape index (κ3) is 3.17. The maximum Gasteiger partial charge on any atom is 0.524 e. The van der Waals surface area contributed by atoms with Gasteiger partial charge in [-0.2, -0.15) is 0 Å². The molecule has 0 bridgehead atoms. The predicted molar refractivity (Wildman–Crippen MR) is 85.3 cm³/mol. The van der Waals surface area contributed by atoms with Crippen LogP contribution in [0, 0.1) is 20.8 Å². The molecule has 0 spiro atoms. The summed E-state index contributed by atoms with van der Waals surface area (Å²) in [4.78, 5) is 18.3. The second-order valence-corrected chi connectivity index (χ2v) is 6.22. The Morgan fingerprint density at radius 1 is 0.909 bits per heavy atom. The van der Waals surface area contributed by atoms with E-state index >= 15 is 0 Å². The Labute approximate surface area is 129 Å². The molecule has 0 heterocycles. The molecule has 2 aromatic carbocycles. The second kappa shape index (κ2) is 6.13. The predicted octanol–water partition coefficient (Wildman–Crippen LogP) is 3.76. The van der Waals surface area contributed by atoms with Crippen molar-refractivity contribution in [3.8, 4) is 22.6 Å². The van der Waals surface area contributed by atoms with Crippen LogP contribution in [0.2, 0.25) is 0 Å². The molecule has 0 amide bonds. The van der Waals surface area contributed by atoms with Crippen LogP contribution in [0.1, 0.15) is 16.7 Å². The fraction of sp³-hybridized carbons (Fsp3) is 0.250. The van der Waals surface area contributed by atoms with Crippen LogP contribution >= 0.6 is 7.82 Å². The Morgan fingerprint density at radius 3 is 1.95 bits per heavy atom. The van der Waals surface area contributed by atoms with Gasteiger partial charge in [-0.1, -0.05) is 30.3 Å². The molecule has 118 valence electrons. The van der Waals surface area contributed by atoms with Crippen LogP contribution in [0.4, 0.5) is 0 Å². The van der Waals surface area contributed by atoms with Crippen molar-refractivity contribution in [1.29, 1.82) is 0 Å². The van der Waals surface area contributed by atoms with Crippen molar-refractivity contribution >= 4 is 7.82 Å². The summed E-state index contributed by atoms with van der Waals surface area (Å²) in [6.45, 7) is 5.36. The normalized spacial score (nSPS) is 11.4. The number of hydrogen-bond acceptors (Lipinski definition) is 3. The Kier molecular flexibility index (Phi) is 4.61. The molecule has 5 nitrogen and oxygen atoms in total. The minimum absolute atomic E-state index is 0.200. The van der Waals surface area contributed by atoms with Gasteiger partial charge in [-0.3, -0.25) is 9.79 Å². The molecule has 6 heteroatoms. The lowest BCUT2D eigenvalue weighted by Crippen LogP contribution is -2.02. The van der Waals surface area contributed by atoms with E-state index in [4.69, 9.17) is 19.0 Å². The van der Waals surface area contributed by atoms with Crippen LogP contribution in [0.5, 0.6) is 11.5 Å². The first-order chi connectivity index (χ1) is 10.3. The van der Waals surface area contributed by atoms with E-state index in [0.29, 0.717) is 16.9 Å².